The first-order valence-corrected chi connectivity index (χ1v) is 9.32. The average Bonchev–Trinajstić information content (AvgIpc) is 2.83. The molecular formula is C21H28N2O4. The van der Waals surface area contributed by atoms with E-state index in [4.69, 9.17) is 4.74 Å². The Morgan fingerprint density at radius 2 is 1.48 bits per heavy atom. The lowest BCUT2D eigenvalue weighted by atomic mass is 9.79. The molecule has 0 atom stereocenters. The van der Waals surface area contributed by atoms with Crippen LogP contribution < -0.4 is 0 Å². The largest absolute Gasteiger partial charge is 0.439 e. The Balaban J connectivity index is 1.81. The minimum Gasteiger partial charge on any atom is -0.439 e. The third kappa shape index (κ3) is 3.70. The van der Waals surface area contributed by atoms with Crippen LogP contribution in [0.5, 0.6) is 0 Å². The summed E-state index contributed by atoms with van der Waals surface area (Å²) < 4.78 is 4.76. The van der Waals surface area contributed by atoms with Gasteiger partial charge in [-0.1, -0.05) is 47.6 Å². The van der Waals surface area contributed by atoms with E-state index in [1.54, 1.807) is 4.90 Å². The Kier molecular flexibility index (Phi) is 4.57. The quantitative estimate of drug-likeness (QED) is 0.800. The van der Waals surface area contributed by atoms with Gasteiger partial charge in [0, 0.05) is 18.7 Å². The summed E-state index contributed by atoms with van der Waals surface area (Å²) in [6.45, 7) is 13.3. The molecule has 0 unspecified atom stereocenters. The van der Waals surface area contributed by atoms with E-state index in [0.717, 1.165) is 16.0 Å². The Bertz CT molecular complexity index is 747. The molecular weight excluding hydrogens is 344 g/mol. The third-order valence-electron chi connectivity index (χ3n) is 5.21. The summed E-state index contributed by atoms with van der Waals surface area (Å²) in [6, 6.07) is 5.80. The highest BCUT2D eigenvalue weighted by Gasteiger charge is 2.44. The number of imide groups is 1. The highest BCUT2D eigenvalue weighted by Crippen LogP contribution is 2.31. The van der Waals surface area contributed by atoms with E-state index < -0.39 is 6.09 Å². The van der Waals surface area contributed by atoms with Gasteiger partial charge in [0.2, 0.25) is 0 Å². The van der Waals surface area contributed by atoms with Gasteiger partial charge in [-0.2, -0.15) is 0 Å². The molecule has 2 saturated heterocycles. The van der Waals surface area contributed by atoms with Gasteiger partial charge in [-0.15, -0.1) is 0 Å². The lowest BCUT2D eigenvalue weighted by Crippen LogP contribution is -2.62. The molecule has 2 heterocycles. The number of carbonyl (C=O) groups is 3. The van der Waals surface area contributed by atoms with Gasteiger partial charge in [0.05, 0.1) is 6.04 Å². The van der Waals surface area contributed by atoms with Gasteiger partial charge in [0.1, 0.15) is 0 Å². The highest BCUT2D eigenvalue weighted by atomic mass is 16.6. The first kappa shape index (κ1) is 19.4. The van der Waals surface area contributed by atoms with Crippen molar-refractivity contribution in [2.45, 2.75) is 58.4 Å². The van der Waals surface area contributed by atoms with Crippen LogP contribution in [0.1, 0.15) is 63.0 Å². The molecule has 0 N–H and O–H groups in total. The molecule has 0 spiro atoms. The van der Waals surface area contributed by atoms with Gasteiger partial charge in [-0.3, -0.25) is 9.59 Å². The second-order valence-corrected chi connectivity index (χ2v) is 9.48. The molecule has 2 fully saturated rings. The van der Waals surface area contributed by atoms with Crippen LogP contribution in [0.2, 0.25) is 0 Å². The van der Waals surface area contributed by atoms with Gasteiger partial charge in [0.25, 0.3) is 11.8 Å². The lowest BCUT2D eigenvalue weighted by molar-refractivity contribution is -0.129. The number of benzene rings is 1. The van der Waals surface area contributed by atoms with Crippen LogP contribution in [0.25, 0.3) is 0 Å². The fraction of sp³-hybridized carbons (Fsp3) is 0.571. The zero-order valence-electron chi connectivity index (χ0n) is 17.0. The number of amides is 3. The topological polar surface area (TPSA) is 66.9 Å². The number of nitrogens with zero attached hydrogens (tertiary/aromatic N) is 2. The molecule has 2 aliphatic heterocycles. The van der Waals surface area contributed by atoms with Crippen molar-refractivity contribution in [2.75, 3.05) is 19.7 Å². The minimum atomic E-state index is -0.609. The smallest absolute Gasteiger partial charge is 0.417 e. The Hall–Kier alpha value is -2.37. The van der Waals surface area contributed by atoms with Crippen LogP contribution in [0.15, 0.2) is 18.2 Å². The standard InChI is InChI=1S/C21H28N2O4/c1-20(2,3)14-7-13(8-15(9-14)21(4,5)6)18(25)22-10-16(11-22)23-17(24)12-27-19(23)26/h7-9,16H,10-12H2,1-6H3. The van der Waals surface area contributed by atoms with Crippen molar-refractivity contribution in [2.24, 2.45) is 0 Å². The molecule has 1 aromatic carbocycles. The summed E-state index contributed by atoms with van der Waals surface area (Å²) in [6.07, 6.45) is -0.609. The third-order valence-corrected chi connectivity index (χ3v) is 5.21. The molecule has 0 aromatic heterocycles. The summed E-state index contributed by atoms with van der Waals surface area (Å²) in [5.41, 5.74) is 2.75. The second kappa shape index (κ2) is 6.36. The molecule has 0 saturated carbocycles. The molecule has 6 heteroatoms. The summed E-state index contributed by atoms with van der Waals surface area (Å²) in [5.74, 6) is -0.398. The van der Waals surface area contributed by atoms with Crippen molar-refractivity contribution >= 4 is 17.9 Å². The fourth-order valence-electron chi connectivity index (χ4n) is 3.30. The number of rotatable bonds is 2. The number of ether oxygens (including phenoxy) is 1. The van der Waals surface area contributed by atoms with E-state index in [9.17, 15) is 14.4 Å². The SMILES string of the molecule is CC(C)(C)c1cc(C(=O)N2CC(N3C(=O)COC3=O)C2)cc(C(C)(C)C)c1. The van der Waals surface area contributed by atoms with Crippen LogP contribution in [-0.2, 0) is 20.4 Å². The Morgan fingerprint density at radius 3 is 1.89 bits per heavy atom. The molecule has 2 aliphatic rings. The summed E-state index contributed by atoms with van der Waals surface area (Å²) >= 11 is 0. The van der Waals surface area contributed by atoms with E-state index in [2.05, 4.69) is 47.6 Å². The van der Waals surface area contributed by atoms with Gasteiger partial charge in [0.15, 0.2) is 6.61 Å². The maximum absolute atomic E-state index is 13.0. The summed E-state index contributed by atoms with van der Waals surface area (Å²) in [4.78, 5) is 39.2. The molecule has 6 nitrogen and oxygen atoms in total. The van der Waals surface area contributed by atoms with Crippen LogP contribution in [-0.4, -0.2) is 53.4 Å². The highest BCUT2D eigenvalue weighted by molar-refractivity contribution is 5.99. The zero-order valence-corrected chi connectivity index (χ0v) is 17.0. The summed E-state index contributed by atoms with van der Waals surface area (Å²) in [7, 11) is 0. The van der Waals surface area contributed by atoms with Crippen molar-refractivity contribution in [3.05, 3.63) is 34.9 Å². The van der Waals surface area contributed by atoms with Crippen LogP contribution in [0, 0.1) is 0 Å². The number of hydrogen-bond acceptors (Lipinski definition) is 4. The molecule has 146 valence electrons. The zero-order chi connectivity index (χ0) is 20.1. The number of likely N-dealkylation sites (tertiary alicyclic amines) is 1. The molecule has 27 heavy (non-hydrogen) atoms. The first-order valence-electron chi connectivity index (χ1n) is 9.32. The number of carbonyl (C=O) groups excluding carboxylic acids is 3. The Labute approximate surface area is 160 Å². The van der Waals surface area contributed by atoms with Gasteiger partial charge >= 0.3 is 6.09 Å². The van der Waals surface area contributed by atoms with E-state index in [-0.39, 0.29) is 35.3 Å². The predicted molar refractivity (Wildman–Crippen MR) is 102 cm³/mol. The molecule has 0 radical (unpaired) electrons. The maximum Gasteiger partial charge on any atom is 0.417 e. The van der Waals surface area contributed by atoms with Crippen molar-refractivity contribution in [1.29, 1.82) is 0 Å². The molecule has 3 amide bonds. The van der Waals surface area contributed by atoms with E-state index in [0.29, 0.717) is 18.7 Å². The van der Waals surface area contributed by atoms with Crippen LogP contribution >= 0.6 is 0 Å². The maximum atomic E-state index is 13.0. The van der Waals surface area contributed by atoms with Crippen LogP contribution in [0.3, 0.4) is 0 Å². The number of hydrogen-bond donors (Lipinski definition) is 0. The first-order chi connectivity index (χ1) is 12.4. The van der Waals surface area contributed by atoms with Gasteiger partial charge in [-0.05, 0) is 34.1 Å². The fourth-order valence-corrected chi connectivity index (χ4v) is 3.30. The van der Waals surface area contributed by atoms with E-state index in [1.165, 1.54) is 0 Å². The van der Waals surface area contributed by atoms with Gasteiger partial charge < -0.3 is 9.64 Å². The van der Waals surface area contributed by atoms with Crippen molar-refractivity contribution in [3.63, 3.8) is 0 Å². The minimum absolute atomic E-state index is 0.0668. The normalized spacial score (nSPS) is 18.6. The Morgan fingerprint density at radius 1 is 0.963 bits per heavy atom. The van der Waals surface area contributed by atoms with Gasteiger partial charge in [-0.25, -0.2) is 9.69 Å². The van der Waals surface area contributed by atoms with Crippen molar-refractivity contribution in [3.8, 4) is 0 Å². The molecule has 0 bridgehead atoms. The second-order valence-electron chi connectivity index (χ2n) is 9.48. The van der Waals surface area contributed by atoms with Crippen molar-refractivity contribution < 1.29 is 19.1 Å². The van der Waals surface area contributed by atoms with E-state index in [1.807, 2.05) is 12.1 Å². The summed E-state index contributed by atoms with van der Waals surface area (Å²) in [5, 5.41) is 0. The number of cyclic esters (lactones) is 1. The average molecular weight is 372 g/mol. The molecule has 3 rings (SSSR count). The molecule has 1 aromatic rings. The lowest BCUT2D eigenvalue weighted by Gasteiger charge is -2.42. The van der Waals surface area contributed by atoms with Crippen molar-refractivity contribution in [1.82, 2.24) is 9.80 Å². The molecule has 0 aliphatic carbocycles. The monoisotopic (exact) mass is 372 g/mol. The van der Waals surface area contributed by atoms with E-state index >= 15 is 0 Å². The van der Waals surface area contributed by atoms with Crippen LogP contribution in [0.4, 0.5) is 4.79 Å². The predicted octanol–water partition coefficient (Wildman–Crippen LogP) is 3.08.